The average molecular weight is 469 g/mol. The number of carbonyl (C=O) groups is 1. The van der Waals surface area contributed by atoms with Crippen LogP contribution in [0, 0.1) is 6.57 Å². The molecule has 178 valence electrons. The van der Waals surface area contributed by atoms with Gasteiger partial charge >= 0.3 is 0 Å². The third-order valence-electron chi connectivity index (χ3n) is 6.68. The van der Waals surface area contributed by atoms with Crippen molar-refractivity contribution < 1.29 is 14.3 Å². The highest BCUT2D eigenvalue weighted by molar-refractivity contribution is 6.01. The Morgan fingerprint density at radius 2 is 2.00 bits per heavy atom. The van der Waals surface area contributed by atoms with E-state index in [2.05, 4.69) is 39.9 Å². The molecule has 1 aliphatic heterocycles. The molecule has 2 fully saturated rings. The van der Waals surface area contributed by atoms with Crippen LogP contribution in [0.5, 0.6) is 11.5 Å². The third kappa shape index (κ3) is 4.78. The van der Waals surface area contributed by atoms with E-state index in [1.807, 2.05) is 18.2 Å². The molecule has 1 aromatic heterocycles. The van der Waals surface area contributed by atoms with Crippen molar-refractivity contribution in [3.8, 4) is 11.5 Å². The van der Waals surface area contributed by atoms with E-state index in [0.717, 1.165) is 23.9 Å². The van der Waals surface area contributed by atoms with Crippen LogP contribution in [0.3, 0.4) is 0 Å². The van der Waals surface area contributed by atoms with Crippen LogP contribution < -0.4 is 14.8 Å². The van der Waals surface area contributed by atoms with Crippen molar-refractivity contribution in [3.63, 3.8) is 0 Å². The molecule has 1 N–H and O–H groups in total. The van der Waals surface area contributed by atoms with Gasteiger partial charge in [-0.1, -0.05) is 18.7 Å². The molecule has 1 saturated carbocycles. The number of anilines is 2. The van der Waals surface area contributed by atoms with Crippen LogP contribution in [0.1, 0.15) is 37.2 Å². The number of amides is 1. The lowest BCUT2D eigenvalue weighted by molar-refractivity contribution is -0.127. The van der Waals surface area contributed by atoms with Gasteiger partial charge in [0.05, 0.1) is 24.9 Å². The van der Waals surface area contributed by atoms with Gasteiger partial charge in [-0.05, 0) is 48.6 Å². The molecule has 1 saturated heterocycles. The SMILES string of the molecule is [C-]#[N+]c1cnc2cc(OC)c(OC3CCN(C(=O)C=C)CC3)cc2c1Nc1cccc(C2CC2)c1. The lowest BCUT2D eigenvalue weighted by atomic mass is 10.1. The number of likely N-dealkylation sites (tertiary alicyclic amines) is 1. The van der Waals surface area contributed by atoms with Gasteiger partial charge < -0.3 is 19.7 Å². The number of carbonyl (C=O) groups excluding carboxylic acids is 1. The van der Waals surface area contributed by atoms with Gasteiger partial charge in [-0.25, -0.2) is 4.85 Å². The minimum atomic E-state index is -0.0500. The Labute approximate surface area is 205 Å². The third-order valence-corrected chi connectivity index (χ3v) is 6.68. The number of hydrogen-bond acceptors (Lipinski definition) is 5. The molecular formula is C28H28N4O3. The zero-order valence-corrected chi connectivity index (χ0v) is 19.8. The molecule has 0 radical (unpaired) electrons. The van der Waals surface area contributed by atoms with Crippen LogP contribution in [0.2, 0.25) is 0 Å². The number of rotatable bonds is 7. The van der Waals surface area contributed by atoms with Gasteiger partial charge in [-0.3, -0.25) is 9.78 Å². The van der Waals surface area contributed by atoms with E-state index < -0.39 is 0 Å². The number of hydrogen-bond donors (Lipinski definition) is 1. The molecule has 7 heteroatoms. The van der Waals surface area contributed by atoms with Gasteiger partial charge in [0.25, 0.3) is 0 Å². The largest absolute Gasteiger partial charge is 0.493 e. The topological polar surface area (TPSA) is 68.0 Å². The number of benzene rings is 2. The first-order chi connectivity index (χ1) is 17.1. The maximum absolute atomic E-state index is 11.9. The summed E-state index contributed by atoms with van der Waals surface area (Å²) in [7, 11) is 1.61. The predicted octanol–water partition coefficient (Wildman–Crippen LogP) is 5.97. The number of ether oxygens (including phenoxy) is 2. The normalized spacial score (nSPS) is 15.9. The Kier molecular flexibility index (Phi) is 6.28. The fourth-order valence-corrected chi connectivity index (χ4v) is 4.59. The van der Waals surface area contributed by atoms with Gasteiger partial charge in [0.2, 0.25) is 11.6 Å². The van der Waals surface area contributed by atoms with Crippen molar-refractivity contribution in [2.24, 2.45) is 0 Å². The van der Waals surface area contributed by atoms with E-state index in [4.69, 9.17) is 16.0 Å². The van der Waals surface area contributed by atoms with Crippen LogP contribution >= 0.6 is 0 Å². The standard InChI is InChI=1S/C28H28N4O3/c1-4-27(33)32-12-10-21(11-13-32)35-26-15-22-23(16-25(26)34-3)30-17-24(29-2)28(22)31-20-7-5-6-19(14-20)18-8-9-18/h4-7,14-18,21H,1,8-13H2,3H3,(H,30,31). The molecule has 0 unspecified atom stereocenters. The Balaban J connectivity index is 1.46. The molecule has 0 spiro atoms. The van der Waals surface area contributed by atoms with Crippen molar-refractivity contribution in [2.45, 2.75) is 37.7 Å². The Hall–Kier alpha value is -4.05. The van der Waals surface area contributed by atoms with E-state index >= 15 is 0 Å². The van der Waals surface area contributed by atoms with Crippen molar-refractivity contribution >= 4 is 33.9 Å². The average Bonchev–Trinajstić information content (AvgIpc) is 3.74. The van der Waals surface area contributed by atoms with Gasteiger partial charge in [0, 0.05) is 49.3 Å². The highest BCUT2D eigenvalue weighted by Crippen LogP contribution is 2.43. The summed E-state index contributed by atoms with van der Waals surface area (Å²) in [5, 5.41) is 4.28. The molecule has 7 nitrogen and oxygen atoms in total. The van der Waals surface area contributed by atoms with E-state index in [9.17, 15) is 4.79 Å². The van der Waals surface area contributed by atoms with Crippen LogP contribution in [0.25, 0.3) is 15.7 Å². The molecular weight excluding hydrogens is 440 g/mol. The lowest BCUT2D eigenvalue weighted by Crippen LogP contribution is -2.41. The van der Waals surface area contributed by atoms with Crippen LogP contribution in [0.4, 0.5) is 17.1 Å². The molecule has 1 amide bonds. The number of methoxy groups -OCH3 is 1. The summed E-state index contributed by atoms with van der Waals surface area (Å²) in [5.41, 5.74) is 4.14. The maximum Gasteiger partial charge on any atom is 0.245 e. The number of pyridine rings is 1. The van der Waals surface area contributed by atoms with E-state index in [1.165, 1.54) is 24.5 Å². The lowest BCUT2D eigenvalue weighted by Gasteiger charge is -2.31. The highest BCUT2D eigenvalue weighted by Gasteiger charge is 2.25. The Morgan fingerprint density at radius 3 is 2.69 bits per heavy atom. The zero-order chi connectivity index (χ0) is 24.4. The van der Waals surface area contributed by atoms with Crippen molar-refractivity contribution in [2.75, 3.05) is 25.5 Å². The molecule has 2 aliphatic rings. The summed E-state index contributed by atoms with van der Waals surface area (Å²) in [4.78, 5) is 21.9. The maximum atomic E-state index is 11.9. The van der Waals surface area contributed by atoms with Crippen LogP contribution in [-0.2, 0) is 4.79 Å². The molecule has 2 heterocycles. The molecule has 0 bridgehead atoms. The number of aromatic nitrogens is 1. The minimum Gasteiger partial charge on any atom is -0.493 e. The molecule has 5 rings (SSSR count). The Morgan fingerprint density at radius 1 is 1.20 bits per heavy atom. The van der Waals surface area contributed by atoms with E-state index in [-0.39, 0.29) is 12.0 Å². The van der Waals surface area contributed by atoms with Crippen molar-refractivity contribution in [1.29, 1.82) is 0 Å². The summed E-state index contributed by atoms with van der Waals surface area (Å²) in [5.74, 6) is 1.79. The summed E-state index contributed by atoms with van der Waals surface area (Å²) >= 11 is 0. The van der Waals surface area contributed by atoms with Crippen molar-refractivity contribution in [1.82, 2.24) is 9.88 Å². The smallest absolute Gasteiger partial charge is 0.245 e. The first-order valence-corrected chi connectivity index (χ1v) is 11.9. The first kappa shape index (κ1) is 22.7. The fraction of sp³-hybridized carbons (Fsp3) is 0.321. The second-order valence-electron chi connectivity index (χ2n) is 9.02. The Bertz CT molecular complexity index is 1320. The van der Waals surface area contributed by atoms with Gasteiger partial charge in [0.15, 0.2) is 11.5 Å². The molecule has 0 atom stereocenters. The monoisotopic (exact) mass is 468 g/mol. The number of nitrogens with one attached hydrogen (secondary N) is 1. The van der Waals surface area contributed by atoms with Gasteiger partial charge in [-0.2, -0.15) is 0 Å². The fourth-order valence-electron chi connectivity index (χ4n) is 4.59. The minimum absolute atomic E-state index is 0.0427. The quantitative estimate of drug-likeness (QED) is 0.342. The summed E-state index contributed by atoms with van der Waals surface area (Å²) in [6.45, 7) is 12.5. The number of fused-ring (bicyclic) bond motifs is 1. The zero-order valence-electron chi connectivity index (χ0n) is 19.8. The highest BCUT2D eigenvalue weighted by atomic mass is 16.5. The first-order valence-electron chi connectivity index (χ1n) is 11.9. The molecule has 35 heavy (non-hydrogen) atoms. The summed E-state index contributed by atoms with van der Waals surface area (Å²) < 4.78 is 12.0. The van der Waals surface area contributed by atoms with Crippen LogP contribution in [0.15, 0.2) is 55.3 Å². The van der Waals surface area contributed by atoms with E-state index in [0.29, 0.717) is 47.4 Å². The molecule has 2 aromatic carbocycles. The predicted molar refractivity (Wildman–Crippen MR) is 137 cm³/mol. The van der Waals surface area contributed by atoms with Crippen molar-refractivity contribution in [3.05, 3.63) is 72.2 Å². The van der Waals surface area contributed by atoms with E-state index in [1.54, 1.807) is 18.2 Å². The number of piperidine rings is 1. The van der Waals surface area contributed by atoms with Gasteiger partial charge in [0.1, 0.15) is 6.10 Å². The molecule has 1 aliphatic carbocycles. The number of nitrogens with zero attached hydrogens (tertiary/aromatic N) is 3. The van der Waals surface area contributed by atoms with Gasteiger partial charge in [-0.15, -0.1) is 0 Å². The second kappa shape index (κ2) is 9.67. The molecule has 3 aromatic rings. The summed E-state index contributed by atoms with van der Waals surface area (Å²) in [6.07, 6.45) is 6.81. The summed E-state index contributed by atoms with van der Waals surface area (Å²) in [6, 6.07) is 12.2. The second-order valence-corrected chi connectivity index (χ2v) is 9.02. The van der Waals surface area contributed by atoms with Crippen LogP contribution in [-0.4, -0.2) is 42.1 Å².